The maximum atomic E-state index is 11.9. The Kier molecular flexibility index (Phi) is 4.01. The number of carbonyl (C=O) groups is 1. The van der Waals surface area contributed by atoms with Crippen LogP contribution in [0.15, 0.2) is 24.3 Å². The second-order valence-electron chi connectivity index (χ2n) is 3.86. The van der Waals surface area contributed by atoms with Crippen LogP contribution in [0.25, 0.3) is 0 Å². The van der Waals surface area contributed by atoms with Gasteiger partial charge in [0.15, 0.2) is 0 Å². The average Bonchev–Trinajstić information content (AvgIpc) is 2.77. The van der Waals surface area contributed by atoms with Crippen molar-refractivity contribution in [3.05, 3.63) is 40.4 Å². The normalized spacial score (nSPS) is 10.3. The molecule has 1 aromatic heterocycles. The summed E-state index contributed by atoms with van der Waals surface area (Å²) in [7, 11) is 0. The van der Waals surface area contributed by atoms with Gasteiger partial charge in [-0.25, -0.2) is 0 Å². The second kappa shape index (κ2) is 5.70. The summed E-state index contributed by atoms with van der Waals surface area (Å²) in [4.78, 5) is 11.9. The molecule has 1 heterocycles. The molecule has 0 atom stereocenters. The zero-order valence-electron chi connectivity index (χ0n) is 10.0. The predicted octanol–water partition coefficient (Wildman–Crippen LogP) is 1.60. The first-order valence-electron chi connectivity index (χ1n) is 5.59. The molecule has 3 N–H and O–H groups in total. The van der Waals surface area contributed by atoms with E-state index in [0.717, 1.165) is 10.6 Å². The number of aryl methyl sites for hydroxylation is 1. The largest absolute Gasteiger partial charge is 0.330 e. The molecular formula is C12H14N4OS. The highest BCUT2D eigenvalue weighted by molar-refractivity contribution is 7.15. The van der Waals surface area contributed by atoms with Crippen molar-refractivity contribution in [1.82, 2.24) is 10.2 Å². The fraction of sp³-hybridized carbons (Fsp3) is 0.250. The van der Waals surface area contributed by atoms with E-state index in [1.165, 1.54) is 11.3 Å². The van der Waals surface area contributed by atoms with Crippen LogP contribution in [0.1, 0.15) is 20.9 Å². The molecule has 0 saturated heterocycles. The van der Waals surface area contributed by atoms with Gasteiger partial charge in [0.1, 0.15) is 5.01 Å². The van der Waals surface area contributed by atoms with Crippen LogP contribution in [0, 0.1) is 6.92 Å². The summed E-state index contributed by atoms with van der Waals surface area (Å²) >= 11 is 1.35. The number of hydrogen-bond donors (Lipinski definition) is 2. The Hall–Kier alpha value is -1.79. The monoisotopic (exact) mass is 262 g/mol. The van der Waals surface area contributed by atoms with E-state index in [0.29, 0.717) is 23.7 Å². The van der Waals surface area contributed by atoms with Crippen molar-refractivity contribution in [1.29, 1.82) is 0 Å². The molecule has 1 aromatic carbocycles. The van der Waals surface area contributed by atoms with Crippen molar-refractivity contribution in [2.75, 3.05) is 11.9 Å². The van der Waals surface area contributed by atoms with Crippen LogP contribution >= 0.6 is 11.3 Å². The standard InChI is InChI=1S/C12H14N4OS/c1-8-3-2-4-9(7-8)11(17)14-12-16-15-10(18-12)5-6-13/h2-4,7H,5-6,13H2,1H3,(H,14,16,17). The summed E-state index contributed by atoms with van der Waals surface area (Å²) in [6.45, 7) is 2.47. The number of nitrogens with zero attached hydrogens (tertiary/aromatic N) is 2. The first-order chi connectivity index (χ1) is 8.69. The number of hydrogen-bond acceptors (Lipinski definition) is 5. The molecule has 0 spiro atoms. The lowest BCUT2D eigenvalue weighted by molar-refractivity contribution is 0.102. The Balaban J connectivity index is 2.06. The van der Waals surface area contributed by atoms with Crippen LogP contribution in [0.2, 0.25) is 0 Å². The summed E-state index contributed by atoms with van der Waals surface area (Å²) in [6.07, 6.45) is 0.679. The molecule has 0 radical (unpaired) electrons. The average molecular weight is 262 g/mol. The van der Waals surface area contributed by atoms with E-state index in [1.807, 2.05) is 25.1 Å². The van der Waals surface area contributed by atoms with Gasteiger partial charge in [0.25, 0.3) is 5.91 Å². The van der Waals surface area contributed by atoms with Gasteiger partial charge in [0.2, 0.25) is 5.13 Å². The van der Waals surface area contributed by atoms with Crippen LogP contribution in [-0.4, -0.2) is 22.6 Å². The third-order valence-corrected chi connectivity index (χ3v) is 3.22. The molecule has 0 fully saturated rings. The number of carbonyl (C=O) groups excluding carboxylic acids is 1. The number of rotatable bonds is 4. The number of benzene rings is 1. The van der Waals surface area contributed by atoms with Crippen molar-refractivity contribution in [3.63, 3.8) is 0 Å². The van der Waals surface area contributed by atoms with E-state index >= 15 is 0 Å². The summed E-state index contributed by atoms with van der Waals surface area (Å²) in [5.74, 6) is -0.172. The number of anilines is 1. The van der Waals surface area contributed by atoms with E-state index in [1.54, 1.807) is 6.07 Å². The van der Waals surface area contributed by atoms with Gasteiger partial charge in [-0.1, -0.05) is 29.0 Å². The Morgan fingerprint density at radius 3 is 3.00 bits per heavy atom. The number of amides is 1. The third-order valence-electron chi connectivity index (χ3n) is 2.33. The van der Waals surface area contributed by atoms with Crippen LogP contribution in [0.3, 0.4) is 0 Å². The van der Waals surface area contributed by atoms with E-state index < -0.39 is 0 Å². The lowest BCUT2D eigenvalue weighted by Crippen LogP contribution is -2.11. The fourth-order valence-electron chi connectivity index (χ4n) is 1.48. The number of aromatic nitrogens is 2. The molecular weight excluding hydrogens is 248 g/mol. The summed E-state index contributed by atoms with van der Waals surface area (Å²) in [6, 6.07) is 7.40. The molecule has 0 aliphatic heterocycles. The molecule has 0 aliphatic carbocycles. The molecule has 0 saturated carbocycles. The molecule has 18 heavy (non-hydrogen) atoms. The Morgan fingerprint density at radius 1 is 1.44 bits per heavy atom. The van der Waals surface area contributed by atoms with Crippen LogP contribution in [0.4, 0.5) is 5.13 Å². The first-order valence-corrected chi connectivity index (χ1v) is 6.41. The van der Waals surface area contributed by atoms with Crippen molar-refractivity contribution in [2.24, 2.45) is 5.73 Å². The third kappa shape index (κ3) is 3.12. The molecule has 0 unspecified atom stereocenters. The fourth-order valence-corrected chi connectivity index (χ4v) is 2.23. The molecule has 94 valence electrons. The molecule has 6 heteroatoms. The lowest BCUT2D eigenvalue weighted by Gasteiger charge is -2.01. The van der Waals surface area contributed by atoms with Crippen molar-refractivity contribution in [3.8, 4) is 0 Å². The minimum Gasteiger partial charge on any atom is -0.330 e. The van der Waals surface area contributed by atoms with Gasteiger partial charge >= 0.3 is 0 Å². The SMILES string of the molecule is Cc1cccc(C(=O)Nc2nnc(CCN)s2)c1. The van der Waals surface area contributed by atoms with Crippen LogP contribution in [0.5, 0.6) is 0 Å². The maximum Gasteiger partial charge on any atom is 0.257 e. The molecule has 5 nitrogen and oxygen atoms in total. The topological polar surface area (TPSA) is 80.9 Å². The van der Waals surface area contributed by atoms with Gasteiger partial charge < -0.3 is 5.73 Å². The quantitative estimate of drug-likeness (QED) is 0.877. The van der Waals surface area contributed by atoms with Crippen molar-refractivity contribution >= 4 is 22.4 Å². The Bertz CT molecular complexity index is 553. The number of nitrogens with two attached hydrogens (primary N) is 1. The zero-order chi connectivity index (χ0) is 13.0. The molecule has 0 aliphatic rings. The van der Waals surface area contributed by atoms with Gasteiger partial charge in [0, 0.05) is 12.0 Å². The first kappa shape index (κ1) is 12.7. The van der Waals surface area contributed by atoms with Gasteiger partial charge in [-0.05, 0) is 25.6 Å². The smallest absolute Gasteiger partial charge is 0.257 e. The minimum atomic E-state index is -0.172. The molecule has 2 rings (SSSR count). The second-order valence-corrected chi connectivity index (χ2v) is 4.93. The summed E-state index contributed by atoms with van der Waals surface area (Å²) < 4.78 is 0. The Labute approximate surface area is 109 Å². The molecule has 2 aromatic rings. The summed E-state index contributed by atoms with van der Waals surface area (Å²) in [5, 5.41) is 11.9. The summed E-state index contributed by atoms with van der Waals surface area (Å²) in [5.41, 5.74) is 7.09. The highest BCUT2D eigenvalue weighted by Gasteiger charge is 2.09. The molecule has 1 amide bonds. The van der Waals surface area contributed by atoms with Crippen LogP contribution in [-0.2, 0) is 6.42 Å². The predicted molar refractivity (Wildman–Crippen MR) is 71.8 cm³/mol. The maximum absolute atomic E-state index is 11.9. The van der Waals surface area contributed by atoms with E-state index in [4.69, 9.17) is 5.73 Å². The van der Waals surface area contributed by atoms with Gasteiger partial charge in [-0.2, -0.15) is 0 Å². The minimum absolute atomic E-state index is 0.172. The van der Waals surface area contributed by atoms with Crippen LogP contribution < -0.4 is 11.1 Å². The number of nitrogens with one attached hydrogen (secondary N) is 1. The van der Waals surface area contributed by atoms with Gasteiger partial charge in [0.05, 0.1) is 0 Å². The Morgan fingerprint density at radius 2 is 2.28 bits per heavy atom. The van der Waals surface area contributed by atoms with E-state index in [9.17, 15) is 4.79 Å². The van der Waals surface area contributed by atoms with Gasteiger partial charge in [-0.3, -0.25) is 10.1 Å². The zero-order valence-corrected chi connectivity index (χ0v) is 10.8. The van der Waals surface area contributed by atoms with Crippen molar-refractivity contribution in [2.45, 2.75) is 13.3 Å². The van der Waals surface area contributed by atoms with Gasteiger partial charge in [-0.15, -0.1) is 10.2 Å². The van der Waals surface area contributed by atoms with E-state index in [2.05, 4.69) is 15.5 Å². The highest BCUT2D eigenvalue weighted by Crippen LogP contribution is 2.16. The van der Waals surface area contributed by atoms with E-state index in [-0.39, 0.29) is 5.91 Å². The molecule has 0 bridgehead atoms. The lowest BCUT2D eigenvalue weighted by atomic mass is 10.1. The highest BCUT2D eigenvalue weighted by atomic mass is 32.1. The van der Waals surface area contributed by atoms with Crippen molar-refractivity contribution < 1.29 is 4.79 Å².